The number of para-hydroxylation sites is 2. The van der Waals surface area contributed by atoms with Crippen molar-refractivity contribution in [2.45, 2.75) is 11.8 Å². The SMILES string of the molecule is CCOc1ccccc1NC(=O)CSc1ccc(NC(=O)c2c(OC)cccc2OC)cc1. The molecular weight excluding hydrogens is 440 g/mol. The summed E-state index contributed by atoms with van der Waals surface area (Å²) in [6.07, 6.45) is 0. The number of carbonyl (C=O) groups excluding carboxylic acids is 2. The third-order valence-electron chi connectivity index (χ3n) is 4.60. The molecule has 3 aromatic rings. The molecule has 0 atom stereocenters. The molecule has 0 heterocycles. The first kappa shape index (κ1) is 24.0. The number of anilines is 2. The molecule has 0 unspecified atom stereocenters. The smallest absolute Gasteiger partial charge is 0.263 e. The van der Waals surface area contributed by atoms with Gasteiger partial charge in [0.25, 0.3) is 5.91 Å². The van der Waals surface area contributed by atoms with Crippen molar-refractivity contribution < 1.29 is 23.8 Å². The van der Waals surface area contributed by atoms with Crippen molar-refractivity contribution in [1.82, 2.24) is 0 Å². The van der Waals surface area contributed by atoms with Crippen molar-refractivity contribution in [2.24, 2.45) is 0 Å². The van der Waals surface area contributed by atoms with Crippen LogP contribution in [0.3, 0.4) is 0 Å². The number of rotatable bonds is 10. The highest BCUT2D eigenvalue weighted by Crippen LogP contribution is 2.30. The number of ether oxygens (including phenoxy) is 3. The highest BCUT2D eigenvalue weighted by molar-refractivity contribution is 8.00. The highest BCUT2D eigenvalue weighted by Gasteiger charge is 2.18. The lowest BCUT2D eigenvalue weighted by Crippen LogP contribution is -2.15. The van der Waals surface area contributed by atoms with Gasteiger partial charge in [-0.05, 0) is 55.5 Å². The summed E-state index contributed by atoms with van der Waals surface area (Å²) in [4.78, 5) is 26.0. The molecule has 0 fully saturated rings. The molecule has 2 N–H and O–H groups in total. The van der Waals surface area contributed by atoms with Gasteiger partial charge in [0.1, 0.15) is 22.8 Å². The van der Waals surface area contributed by atoms with Crippen LogP contribution in [0.25, 0.3) is 0 Å². The standard InChI is InChI=1S/C25H26N2O5S/c1-4-32-20-9-6-5-8-19(20)27-23(28)16-33-18-14-12-17(13-15-18)26-25(29)24-21(30-2)10-7-11-22(24)31-3/h5-15H,4,16H2,1-3H3,(H,26,29)(H,27,28). The number of amides is 2. The molecule has 2 amide bonds. The fourth-order valence-electron chi connectivity index (χ4n) is 3.09. The zero-order valence-corrected chi connectivity index (χ0v) is 19.5. The molecule has 0 bridgehead atoms. The Hall–Kier alpha value is -3.65. The Morgan fingerprint density at radius 1 is 0.818 bits per heavy atom. The van der Waals surface area contributed by atoms with Gasteiger partial charge in [0.2, 0.25) is 5.91 Å². The lowest BCUT2D eigenvalue weighted by molar-refractivity contribution is -0.113. The van der Waals surface area contributed by atoms with Gasteiger partial charge in [0.15, 0.2) is 0 Å². The van der Waals surface area contributed by atoms with E-state index in [1.807, 2.05) is 43.3 Å². The topological polar surface area (TPSA) is 85.9 Å². The van der Waals surface area contributed by atoms with Crippen LogP contribution in [0.4, 0.5) is 11.4 Å². The van der Waals surface area contributed by atoms with E-state index >= 15 is 0 Å². The van der Waals surface area contributed by atoms with E-state index in [1.54, 1.807) is 30.3 Å². The minimum Gasteiger partial charge on any atom is -0.496 e. The average Bonchev–Trinajstić information content (AvgIpc) is 2.84. The van der Waals surface area contributed by atoms with Crippen LogP contribution >= 0.6 is 11.8 Å². The monoisotopic (exact) mass is 466 g/mol. The van der Waals surface area contributed by atoms with E-state index in [9.17, 15) is 9.59 Å². The van der Waals surface area contributed by atoms with Gasteiger partial charge in [-0.3, -0.25) is 9.59 Å². The molecule has 0 radical (unpaired) electrons. The molecule has 3 rings (SSSR count). The number of carbonyl (C=O) groups is 2. The van der Waals surface area contributed by atoms with Crippen LogP contribution in [0.15, 0.2) is 71.6 Å². The summed E-state index contributed by atoms with van der Waals surface area (Å²) in [7, 11) is 3.01. The predicted molar refractivity (Wildman–Crippen MR) is 131 cm³/mol. The molecule has 8 heteroatoms. The maximum Gasteiger partial charge on any atom is 0.263 e. The van der Waals surface area contributed by atoms with E-state index in [1.165, 1.54) is 26.0 Å². The van der Waals surface area contributed by atoms with Gasteiger partial charge in [0, 0.05) is 10.6 Å². The van der Waals surface area contributed by atoms with Crippen LogP contribution in [0.5, 0.6) is 17.2 Å². The minimum atomic E-state index is -0.336. The number of thioether (sulfide) groups is 1. The second kappa shape index (κ2) is 11.8. The van der Waals surface area contributed by atoms with Crippen LogP contribution in [0, 0.1) is 0 Å². The molecule has 0 spiro atoms. The van der Waals surface area contributed by atoms with Crippen LogP contribution in [0.1, 0.15) is 17.3 Å². The Labute approximate surface area is 197 Å². The third-order valence-corrected chi connectivity index (χ3v) is 5.61. The minimum absolute atomic E-state index is 0.132. The van der Waals surface area contributed by atoms with Crippen LogP contribution in [-0.2, 0) is 4.79 Å². The van der Waals surface area contributed by atoms with Crippen LogP contribution < -0.4 is 24.8 Å². The van der Waals surface area contributed by atoms with E-state index in [-0.39, 0.29) is 17.6 Å². The first-order chi connectivity index (χ1) is 16.0. The molecule has 33 heavy (non-hydrogen) atoms. The Morgan fingerprint density at radius 3 is 2.09 bits per heavy atom. The van der Waals surface area contributed by atoms with Gasteiger partial charge in [-0.2, -0.15) is 0 Å². The first-order valence-corrected chi connectivity index (χ1v) is 11.3. The normalized spacial score (nSPS) is 10.3. The van der Waals surface area contributed by atoms with Gasteiger partial charge in [0.05, 0.1) is 32.3 Å². The van der Waals surface area contributed by atoms with Crippen molar-refractivity contribution in [3.05, 3.63) is 72.3 Å². The fraction of sp³-hybridized carbons (Fsp3) is 0.200. The second-order valence-corrected chi connectivity index (χ2v) is 7.83. The number of nitrogens with one attached hydrogen (secondary N) is 2. The summed E-state index contributed by atoms with van der Waals surface area (Å²) >= 11 is 1.40. The zero-order chi connectivity index (χ0) is 23.6. The second-order valence-electron chi connectivity index (χ2n) is 6.78. The van der Waals surface area contributed by atoms with Crippen LogP contribution in [0.2, 0.25) is 0 Å². The molecule has 7 nitrogen and oxygen atoms in total. The maximum atomic E-state index is 12.8. The quantitative estimate of drug-likeness (QED) is 0.405. The number of hydrogen-bond donors (Lipinski definition) is 2. The molecule has 0 aliphatic heterocycles. The summed E-state index contributed by atoms with van der Waals surface area (Å²) in [5.41, 5.74) is 1.59. The van der Waals surface area contributed by atoms with Gasteiger partial charge in [-0.1, -0.05) is 18.2 Å². The summed E-state index contributed by atoms with van der Waals surface area (Å²) < 4.78 is 16.1. The van der Waals surface area contributed by atoms with Crippen molar-refractivity contribution >= 4 is 35.0 Å². The van der Waals surface area contributed by atoms with Gasteiger partial charge in [-0.15, -0.1) is 11.8 Å². The lowest BCUT2D eigenvalue weighted by Gasteiger charge is -2.13. The Bertz CT molecular complexity index is 1080. The lowest BCUT2D eigenvalue weighted by atomic mass is 10.1. The molecule has 3 aromatic carbocycles. The van der Waals surface area contributed by atoms with E-state index in [2.05, 4.69) is 10.6 Å². The number of hydrogen-bond acceptors (Lipinski definition) is 6. The van der Waals surface area contributed by atoms with E-state index < -0.39 is 0 Å². The summed E-state index contributed by atoms with van der Waals surface area (Å²) in [5.74, 6) is 1.27. The molecule has 0 saturated heterocycles. The van der Waals surface area contributed by atoms with E-state index in [4.69, 9.17) is 14.2 Å². The molecule has 0 saturated carbocycles. The van der Waals surface area contributed by atoms with E-state index in [0.717, 1.165) is 4.90 Å². The molecular formula is C25H26N2O5S. The predicted octanol–water partition coefficient (Wildman–Crippen LogP) is 5.09. The highest BCUT2D eigenvalue weighted by atomic mass is 32.2. The molecule has 0 aliphatic carbocycles. The summed E-state index contributed by atoms with van der Waals surface area (Å²) in [6.45, 7) is 2.42. The van der Waals surface area contributed by atoms with E-state index in [0.29, 0.717) is 40.8 Å². The Kier molecular flexibility index (Phi) is 8.60. The fourth-order valence-corrected chi connectivity index (χ4v) is 3.79. The van der Waals surface area contributed by atoms with Crippen LogP contribution in [-0.4, -0.2) is 38.4 Å². The summed E-state index contributed by atoms with van der Waals surface area (Å²) in [6, 6.07) is 19.8. The molecule has 172 valence electrons. The van der Waals surface area contributed by atoms with Gasteiger partial charge < -0.3 is 24.8 Å². The molecule has 0 aliphatic rings. The average molecular weight is 467 g/mol. The number of benzene rings is 3. The van der Waals surface area contributed by atoms with Crippen molar-refractivity contribution in [3.8, 4) is 17.2 Å². The first-order valence-electron chi connectivity index (χ1n) is 10.3. The largest absolute Gasteiger partial charge is 0.496 e. The zero-order valence-electron chi connectivity index (χ0n) is 18.7. The Balaban J connectivity index is 1.58. The number of methoxy groups -OCH3 is 2. The van der Waals surface area contributed by atoms with Gasteiger partial charge >= 0.3 is 0 Å². The van der Waals surface area contributed by atoms with Crippen molar-refractivity contribution in [3.63, 3.8) is 0 Å². The summed E-state index contributed by atoms with van der Waals surface area (Å²) in [5, 5.41) is 5.73. The Morgan fingerprint density at radius 2 is 1.45 bits per heavy atom. The van der Waals surface area contributed by atoms with Crippen molar-refractivity contribution in [2.75, 3.05) is 37.2 Å². The third kappa shape index (κ3) is 6.43. The van der Waals surface area contributed by atoms with Crippen molar-refractivity contribution in [1.29, 1.82) is 0 Å². The van der Waals surface area contributed by atoms with Gasteiger partial charge in [-0.25, -0.2) is 0 Å². The maximum absolute atomic E-state index is 12.8. The molecule has 0 aromatic heterocycles.